The summed E-state index contributed by atoms with van der Waals surface area (Å²) in [6.07, 6.45) is 0.430. The van der Waals surface area contributed by atoms with Crippen molar-refractivity contribution in [2.24, 2.45) is 0 Å². The van der Waals surface area contributed by atoms with Crippen LogP contribution in [0.5, 0.6) is 5.75 Å². The van der Waals surface area contributed by atoms with Gasteiger partial charge >= 0.3 is 0 Å². The van der Waals surface area contributed by atoms with Crippen LogP contribution < -0.4 is 10.1 Å². The molecule has 0 aliphatic rings. The quantitative estimate of drug-likeness (QED) is 0.731. The van der Waals surface area contributed by atoms with Gasteiger partial charge in [0.2, 0.25) is 11.8 Å². The van der Waals surface area contributed by atoms with Crippen LogP contribution >= 0.6 is 11.6 Å². The SMILES string of the molecule is COc1ccc(C(=O)NCCc2nnc(-c3ccccc3Cl)o2)cc1. The second kappa shape index (κ2) is 7.81. The van der Waals surface area contributed by atoms with Crippen LogP contribution in [-0.2, 0) is 6.42 Å². The molecule has 128 valence electrons. The van der Waals surface area contributed by atoms with Crippen molar-refractivity contribution in [3.05, 3.63) is 65.0 Å². The Morgan fingerprint density at radius 2 is 1.92 bits per heavy atom. The highest BCUT2D eigenvalue weighted by molar-refractivity contribution is 6.33. The van der Waals surface area contributed by atoms with Crippen molar-refractivity contribution in [2.75, 3.05) is 13.7 Å². The number of benzene rings is 2. The van der Waals surface area contributed by atoms with E-state index in [-0.39, 0.29) is 5.91 Å². The van der Waals surface area contributed by atoms with Crippen molar-refractivity contribution in [3.63, 3.8) is 0 Å². The van der Waals surface area contributed by atoms with E-state index in [1.165, 1.54) is 0 Å². The van der Waals surface area contributed by atoms with Gasteiger partial charge in [0.15, 0.2) is 0 Å². The third-order valence-electron chi connectivity index (χ3n) is 3.55. The van der Waals surface area contributed by atoms with E-state index in [0.717, 1.165) is 0 Å². The van der Waals surface area contributed by atoms with Gasteiger partial charge in [0.1, 0.15) is 5.75 Å². The second-order valence-corrected chi connectivity index (χ2v) is 5.62. The van der Waals surface area contributed by atoms with Crippen LogP contribution in [0.1, 0.15) is 16.2 Å². The van der Waals surface area contributed by atoms with E-state index < -0.39 is 0 Å². The molecule has 2 aromatic carbocycles. The molecule has 7 heteroatoms. The van der Waals surface area contributed by atoms with E-state index in [0.29, 0.717) is 46.6 Å². The normalized spacial score (nSPS) is 10.5. The molecular weight excluding hydrogens is 342 g/mol. The monoisotopic (exact) mass is 357 g/mol. The van der Waals surface area contributed by atoms with Crippen LogP contribution in [0.3, 0.4) is 0 Å². The molecule has 1 heterocycles. The van der Waals surface area contributed by atoms with Gasteiger partial charge in [-0.15, -0.1) is 10.2 Å². The van der Waals surface area contributed by atoms with Crippen molar-refractivity contribution in [2.45, 2.75) is 6.42 Å². The van der Waals surface area contributed by atoms with Crippen molar-refractivity contribution < 1.29 is 13.9 Å². The lowest BCUT2D eigenvalue weighted by Gasteiger charge is -2.04. The molecule has 1 aromatic heterocycles. The summed E-state index contributed by atoms with van der Waals surface area (Å²) in [5.74, 6) is 1.33. The highest BCUT2D eigenvalue weighted by Gasteiger charge is 2.12. The van der Waals surface area contributed by atoms with Crippen LogP contribution in [0.4, 0.5) is 0 Å². The smallest absolute Gasteiger partial charge is 0.251 e. The summed E-state index contributed by atoms with van der Waals surface area (Å²) >= 11 is 6.11. The first-order valence-corrected chi connectivity index (χ1v) is 8.04. The number of aromatic nitrogens is 2. The summed E-state index contributed by atoms with van der Waals surface area (Å²) in [5, 5.41) is 11.3. The highest BCUT2D eigenvalue weighted by Crippen LogP contribution is 2.26. The Morgan fingerprint density at radius 1 is 1.16 bits per heavy atom. The lowest BCUT2D eigenvalue weighted by atomic mass is 10.2. The molecule has 0 bridgehead atoms. The molecule has 0 saturated carbocycles. The molecule has 25 heavy (non-hydrogen) atoms. The van der Waals surface area contributed by atoms with Gasteiger partial charge in [-0.05, 0) is 36.4 Å². The molecule has 0 aliphatic heterocycles. The number of hydrogen-bond donors (Lipinski definition) is 1. The average Bonchev–Trinajstić information content (AvgIpc) is 3.10. The topological polar surface area (TPSA) is 77.2 Å². The molecule has 0 fully saturated rings. The Morgan fingerprint density at radius 3 is 2.64 bits per heavy atom. The van der Waals surface area contributed by atoms with E-state index >= 15 is 0 Å². The average molecular weight is 358 g/mol. The number of nitrogens with one attached hydrogen (secondary N) is 1. The zero-order valence-electron chi connectivity index (χ0n) is 13.5. The minimum atomic E-state index is -0.173. The van der Waals surface area contributed by atoms with Crippen molar-refractivity contribution >= 4 is 17.5 Å². The van der Waals surface area contributed by atoms with Gasteiger partial charge in [0.05, 0.1) is 17.7 Å². The molecule has 1 amide bonds. The number of amides is 1. The molecule has 0 atom stereocenters. The standard InChI is InChI=1S/C18H16ClN3O3/c1-24-13-8-6-12(7-9-13)17(23)20-11-10-16-21-22-18(25-16)14-4-2-3-5-15(14)19/h2-9H,10-11H2,1H3,(H,20,23). The van der Waals surface area contributed by atoms with Crippen LogP contribution in [0.15, 0.2) is 52.9 Å². The maximum absolute atomic E-state index is 12.1. The molecule has 0 saturated heterocycles. The second-order valence-electron chi connectivity index (χ2n) is 5.22. The fraction of sp³-hybridized carbons (Fsp3) is 0.167. The first-order valence-electron chi connectivity index (χ1n) is 7.67. The Bertz CT molecular complexity index is 862. The van der Waals surface area contributed by atoms with Gasteiger partial charge in [0, 0.05) is 18.5 Å². The molecule has 3 rings (SSSR count). The van der Waals surface area contributed by atoms with Gasteiger partial charge in [-0.25, -0.2) is 0 Å². The van der Waals surface area contributed by atoms with Crippen LogP contribution in [0, 0.1) is 0 Å². The molecule has 6 nitrogen and oxygen atoms in total. The molecular formula is C18H16ClN3O3. The van der Waals surface area contributed by atoms with E-state index in [4.69, 9.17) is 20.8 Å². The predicted molar refractivity (Wildman–Crippen MR) is 93.8 cm³/mol. The number of hydrogen-bond acceptors (Lipinski definition) is 5. The van der Waals surface area contributed by atoms with E-state index in [9.17, 15) is 4.79 Å². The van der Waals surface area contributed by atoms with E-state index in [1.807, 2.05) is 18.2 Å². The first-order chi connectivity index (χ1) is 12.2. The van der Waals surface area contributed by atoms with Crippen molar-refractivity contribution in [3.8, 4) is 17.2 Å². The van der Waals surface area contributed by atoms with Crippen LogP contribution in [-0.4, -0.2) is 29.8 Å². The zero-order valence-corrected chi connectivity index (χ0v) is 14.3. The van der Waals surface area contributed by atoms with Gasteiger partial charge in [-0.3, -0.25) is 4.79 Å². The number of ether oxygens (including phenoxy) is 1. The first kappa shape index (κ1) is 17.0. The maximum atomic E-state index is 12.1. The number of halogens is 1. The van der Waals surface area contributed by atoms with Crippen molar-refractivity contribution in [1.29, 1.82) is 0 Å². The minimum Gasteiger partial charge on any atom is -0.497 e. The third-order valence-corrected chi connectivity index (χ3v) is 3.88. The number of nitrogens with zero attached hydrogens (tertiary/aromatic N) is 2. The third kappa shape index (κ3) is 4.16. The van der Waals surface area contributed by atoms with Gasteiger partial charge < -0.3 is 14.5 Å². The molecule has 3 aromatic rings. The van der Waals surface area contributed by atoms with Crippen LogP contribution in [0.25, 0.3) is 11.5 Å². The molecule has 0 spiro atoms. The Kier molecular flexibility index (Phi) is 5.30. The van der Waals surface area contributed by atoms with E-state index in [1.54, 1.807) is 37.4 Å². The summed E-state index contributed by atoms with van der Waals surface area (Å²) in [6.45, 7) is 0.384. The lowest BCUT2D eigenvalue weighted by molar-refractivity contribution is 0.0953. The van der Waals surface area contributed by atoms with Crippen molar-refractivity contribution in [1.82, 2.24) is 15.5 Å². The number of methoxy groups -OCH3 is 1. The summed E-state index contributed by atoms with van der Waals surface area (Å²) in [6, 6.07) is 14.1. The Labute approximate surface area is 149 Å². The molecule has 0 radical (unpaired) electrons. The van der Waals surface area contributed by atoms with Crippen LogP contribution in [0.2, 0.25) is 5.02 Å². The molecule has 0 aliphatic carbocycles. The Hall–Kier alpha value is -2.86. The lowest BCUT2D eigenvalue weighted by Crippen LogP contribution is -2.25. The number of carbonyl (C=O) groups excluding carboxylic acids is 1. The zero-order chi connectivity index (χ0) is 17.6. The van der Waals surface area contributed by atoms with Gasteiger partial charge in [-0.1, -0.05) is 23.7 Å². The largest absolute Gasteiger partial charge is 0.497 e. The highest BCUT2D eigenvalue weighted by atomic mass is 35.5. The molecule has 1 N–H and O–H groups in total. The fourth-order valence-corrected chi connectivity index (χ4v) is 2.44. The number of rotatable bonds is 6. The number of carbonyl (C=O) groups is 1. The van der Waals surface area contributed by atoms with Gasteiger partial charge in [-0.2, -0.15) is 0 Å². The predicted octanol–water partition coefficient (Wildman–Crippen LogP) is 3.37. The minimum absolute atomic E-state index is 0.173. The fourth-order valence-electron chi connectivity index (χ4n) is 2.23. The summed E-state index contributed by atoms with van der Waals surface area (Å²) in [5.41, 5.74) is 1.24. The van der Waals surface area contributed by atoms with Gasteiger partial charge in [0.25, 0.3) is 5.91 Å². The maximum Gasteiger partial charge on any atom is 0.251 e. The molecule has 0 unspecified atom stereocenters. The summed E-state index contributed by atoms with van der Waals surface area (Å²) in [7, 11) is 1.58. The van der Waals surface area contributed by atoms with E-state index in [2.05, 4.69) is 15.5 Å². The Balaban J connectivity index is 1.55. The summed E-state index contributed by atoms with van der Waals surface area (Å²) < 4.78 is 10.7. The summed E-state index contributed by atoms with van der Waals surface area (Å²) in [4.78, 5) is 12.1.